The quantitative estimate of drug-likeness (QED) is 0.754. The second kappa shape index (κ2) is 7.67. The number of thioether (sulfide) groups is 1. The Balaban J connectivity index is 3.03. The molecule has 1 aromatic rings. The average Bonchev–Trinajstić information content (AvgIpc) is 2.43. The maximum atomic E-state index is 12.2. The van der Waals surface area contributed by atoms with Crippen molar-refractivity contribution < 1.29 is 23.1 Å². The molecule has 118 valence electrons. The van der Waals surface area contributed by atoms with E-state index in [1.807, 2.05) is 6.26 Å². The van der Waals surface area contributed by atoms with Crippen molar-refractivity contribution in [2.24, 2.45) is 0 Å². The third-order valence-electron chi connectivity index (χ3n) is 2.82. The van der Waals surface area contributed by atoms with Crippen LogP contribution in [-0.2, 0) is 10.0 Å². The molecule has 0 fully saturated rings. The van der Waals surface area contributed by atoms with E-state index in [4.69, 9.17) is 9.84 Å². The number of sulfonamides is 1. The van der Waals surface area contributed by atoms with Crippen LogP contribution >= 0.6 is 11.8 Å². The zero-order valence-electron chi connectivity index (χ0n) is 12.1. The summed E-state index contributed by atoms with van der Waals surface area (Å²) in [6, 6.07) is 3.54. The normalized spacial score (nSPS) is 12.9. The first kappa shape index (κ1) is 17.8. The Hall–Kier alpha value is -1.25. The standard InChI is InChI=1S/C13H19NO5S2/c1-9(6-7-20-3)14-21(17,18)10-4-5-12(19-2)11(8-10)13(15)16/h4-5,8-9,14H,6-7H2,1-3H3,(H,15,16). The average molecular weight is 333 g/mol. The van der Waals surface area contributed by atoms with Gasteiger partial charge in [0.25, 0.3) is 0 Å². The Morgan fingerprint density at radius 2 is 2.14 bits per heavy atom. The van der Waals surface area contributed by atoms with Crippen LogP contribution in [0.2, 0.25) is 0 Å². The molecule has 0 aromatic heterocycles. The van der Waals surface area contributed by atoms with Gasteiger partial charge in [-0.1, -0.05) is 0 Å². The maximum Gasteiger partial charge on any atom is 0.339 e. The lowest BCUT2D eigenvalue weighted by atomic mass is 10.2. The van der Waals surface area contributed by atoms with Crippen LogP contribution in [-0.4, -0.2) is 44.7 Å². The highest BCUT2D eigenvalue weighted by Gasteiger charge is 2.21. The number of carbonyl (C=O) groups is 1. The summed E-state index contributed by atoms with van der Waals surface area (Å²) in [5.74, 6) is -0.275. The molecular formula is C13H19NO5S2. The molecule has 0 radical (unpaired) electrons. The molecule has 0 bridgehead atoms. The number of ether oxygens (including phenoxy) is 1. The van der Waals surface area contributed by atoms with Crippen LogP contribution in [0, 0.1) is 0 Å². The minimum atomic E-state index is -3.75. The lowest BCUT2D eigenvalue weighted by molar-refractivity contribution is 0.0693. The highest BCUT2D eigenvalue weighted by atomic mass is 32.2. The Kier molecular flexibility index (Phi) is 6.50. The number of benzene rings is 1. The predicted octanol–water partition coefficient (Wildman–Crippen LogP) is 1.81. The second-order valence-electron chi connectivity index (χ2n) is 4.47. The monoisotopic (exact) mass is 333 g/mol. The number of aromatic carboxylic acids is 1. The molecule has 0 amide bonds. The van der Waals surface area contributed by atoms with Gasteiger partial charge < -0.3 is 9.84 Å². The third-order valence-corrected chi connectivity index (χ3v) is 5.05. The van der Waals surface area contributed by atoms with Crippen molar-refractivity contribution in [1.29, 1.82) is 0 Å². The highest BCUT2D eigenvalue weighted by Crippen LogP contribution is 2.22. The first-order valence-corrected chi connectivity index (χ1v) is 9.12. The molecule has 0 aliphatic carbocycles. The van der Waals surface area contributed by atoms with Crippen LogP contribution in [0.4, 0.5) is 0 Å². The van der Waals surface area contributed by atoms with E-state index >= 15 is 0 Å². The first-order valence-electron chi connectivity index (χ1n) is 6.24. The summed E-state index contributed by atoms with van der Waals surface area (Å²) in [5.41, 5.74) is -0.183. The summed E-state index contributed by atoms with van der Waals surface area (Å²) in [6.45, 7) is 1.77. The molecular weight excluding hydrogens is 314 g/mol. The lowest BCUT2D eigenvalue weighted by Crippen LogP contribution is -2.33. The number of methoxy groups -OCH3 is 1. The van der Waals surface area contributed by atoms with Gasteiger partial charge in [-0.3, -0.25) is 0 Å². The SMILES string of the molecule is COc1ccc(S(=O)(=O)NC(C)CCSC)cc1C(=O)O. The summed E-state index contributed by atoms with van der Waals surface area (Å²) in [6.07, 6.45) is 2.65. The van der Waals surface area contributed by atoms with Crippen LogP contribution in [0.15, 0.2) is 23.1 Å². The van der Waals surface area contributed by atoms with Crippen molar-refractivity contribution in [3.8, 4) is 5.75 Å². The van der Waals surface area contributed by atoms with E-state index < -0.39 is 16.0 Å². The maximum absolute atomic E-state index is 12.2. The van der Waals surface area contributed by atoms with E-state index in [9.17, 15) is 13.2 Å². The largest absolute Gasteiger partial charge is 0.496 e. The summed E-state index contributed by atoms with van der Waals surface area (Å²) in [7, 11) is -2.42. The van der Waals surface area contributed by atoms with Crippen LogP contribution in [0.1, 0.15) is 23.7 Å². The molecule has 0 saturated carbocycles. The fraction of sp³-hybridized carbons (Fsp3) is 0.462. The van der Waals surface area contributed by atoms with Gasteiger partial charge in [0.1, 0.15) is 11.3 Å². The van der Waals surface area contributed by atoms with Crippen molar-refractivity contribution in [2.75, 3.05) is 19.1 Å². The summed E-state index contributed by atoms with van der Waals surface area (Å²) in [5, 5.41) is 9.09. The van der Waals surface area contributed by atoms with Gasteiger partial charge >= 0.3 is 5.97 Å². The third kappa shape index (κ3) is 4.90. The van der Waals surface area contributed by atoms with E-state index in [1.165, 1.54) is 19.2 Å². The molecule has 6 nitrogen and oxygen atoms in total. The summed E-state index contributed by atoms with van der Waals surface area (Å²) < 4.78 is 31.9. The molecule has 1 aromatic carbocycles. The molecule has 0 aliphatic heterocycles. The molecule has 2 N–H and O–H groups in total. The van der Waals surface area contributed by atoms with Crippen LogP contribution in [0.25, 0.3) is 0 Å². The van der Waals surface area contributed by atoms with E-state index in [-0.39, 0.29) is 22.3 Å². The lowest BCUT2D eigenvalue weighted by Gasteiger charge is -2.14. The number of carboxylic acids is 1. The zero-order valence-corrected chi connectivity index (χ0v) is 13.8. The van der Waals surface area contributed by atoms with E-state index in [2.05, 4.69) is 4.72 Å². The number of carboxylic acid groups (broad SMARTS) is 1. The Labute approximate surface area is 128 Å². The van der Waals surface area contributed by atoms with Gasteiger partial charge in [-0.15, -0.1) is 0 Å². The number of hydrogen-bond acceptors (Lipinski definition) is 5. The number of nitrogens with one attached hydrogen (secondary N) is 1. The number of hydrogen-bond donors (Lipinski definition) is 2. The first-order chi connectivity index (χ1) is 9.81. The van der Waals surface area contributed by atoms with Crippen molar-refractivity contribution >= 4 is 27.8 Å². The molecule has 0 aliphatic rings. The van der Waals surface area contributed by atoms with E-state index in [1.54, 1.807) is 18.7 Å². The fourth-order valence-electron chi connectivity index (χ4n) is 1.71. The minimum absolute atomic E-state index is 0.0864. The molecule has 1 atom stereocenters. The van der Waals surface area contributed by atoms with Gasteiger partial charge in [0, 0.05) is 6.04 Å². The molecule has 1 rings (SSSR count). The Bertz CT molecular complexity index is 601. The van der Waals surface area contributed by atoms with Crippen LogP contribution in [0.3, 0.4) is 0 Å². The van der Waals surface area contributed by atoms with Gasteiger partial charge in [-0.2, -0.15) is 11.8 Å². The van der Waals surface area contributed by atoms with E-state index in [0.717, 1.165) is 11.8 Å². The second-order valence-corrected chi connectivity index (χ2v) is 7.17. The van der Waals surface area contributed by atoms with Gasteiger partial charge in [-0.05, 0) is 43.6 Å². The molecule has 0 spiro atoms. The van der Waals surface area contributed by atoms with Crippen LogP contribution < -0.4 is 9.46 Å². The molecule has 0 saturated heterocycles. The Morgan fingerprint density at radius 3 is 2.67 bits per heavy atom. The predicted molar refractivity (Wildman–Crippen MR) is 82.7 cm³/mol. The zero-order chi connectivity index (χ0) is 16.0. The number of rotatable bonds is 8. The summed E-state index contributed by atoms with van der Waals surface area (Å²) >= 11 is 1.63. The van der Waals surface area contributed by atoms with Crippen molar-refractivity contribution in [2.45, 2.75) is 24.3 Å². The fourth-order valence-corrected chi connectivity index (χ4v) is 3.60. The van der Waals surface area contributed by atoms with Crippen molar-refractivity contribution in [3.63, 3.8) is 0 Å². The van der Waals surface area contributed by atoms with Crippen LogP contribution in [0.5, 0.6) is 5.75 Å². The molecule has 21 heavy (non-hydrogen) atoms. The smallest absolute Gasteiger partial charge is 0.339 e. The molecule has 8 heteroatoms. The summed E-state index contributed by atoms with van der Waals surface area (Å²) in [4.78, 5) is 11.0. The van der Waals surface area contributed by atoms with Gasteiger partial charge in [0.05, 0.1) is 12.0 Å². The van der Waals surface area contributed by atoms with E-state index in [0.29, 0.717) is 6.42 Å². The molecule has 0 heterocycles. The molecule has 1 unspecified atom stereocenters. The Morgan fingerprint density at radius 1 is 1.48 bits per heavy atom. The minimum Gasteiger partial charge on any atom is -0.496 e. The topological polar surface area (TPSA) is 92.7 Å². The van der Waals surface area contributed by atoms with Gasteiger partial charge in [0.2, 0.25) is 10.0 Å². The van der Waals surface area contributed by atoms with Gasteiger partial charge in [-0.25, -0.2) is 17.9 Å². The van der Waals surface area contributed by atoms with Crippen molar-refractivity contribution in [3.05, 3.63) is 23.8 Å². The highest BCUT2D eigenvalue weighted by molar-refractivity contribution is 7.98. The van der Waals surface area contributed by atoms with Gasteiger partial charge in [0.15, 0.2) is 0 Å². The van der Waals surface area contributed by atoms with Crippen molar-refractivity contribution in [1.82, 2.24) is 4.72 Å².